The Morgan fingerprint density at radius 3 is 2.23 bits per heavy atom. The van der Waals surface area contributed by atoms with Crippen LogP contribution < -0.4 is 16.0 Å². The maximum absolute atomic E-state index is 13.4. The van der Waals surface area contributed by atoms with Gasteiger partial charge in [-0.25, -0.2) is 9.78 Å². The van der Waals surface area contributed by atoms with Crippen molar-refractivity contribution in [3.8, 4) is 11.1 Å². The highest BCUT2D eigenvalue weighted by Gasteiger charge is 2.42. The molecule has 0 aliphatic carbocycles. The first-order valence-electron chi connectivity index (χ1n) is 13.8. The molecule has 0 saturated carbocycles. The summed E-state index contributed by atoms with van der Waals surface area (Å²) in [5.41, 5.74) is 2.13. The number of nitrogens with zero attached hydrogens (tertiary/aromatic N) is 1. The summed E-state index contributed by atoms with van der Waals surface area (Å²) in [6, 6.07) is 19.4. The summed E-state index contributed by atoms with van der Waals surface area (Å²) in [6.45, 7) is 0.478. The van der Waals surface area contributed by atoms with Crippen LogP contribution in [0.2, 0.25) is 0 Å². The maximum atomic E-state index is 13.4. The largest absolute Gasteiger partial charge is 0.491 e. The average Bonchev–Trinajstić information content (AvgIpc) is 3.01. The molecule has 2 atom stereocenters. The summed E-state index contributed by atoms with van der Waals surface area (Å²) < 4.78 is 42.0. The van der Waals surface area contributed by atoms with Gasteiger partial charge in [-0.3, -0.25) is 14.4 Å². The van der Waals surface area contributed by atoms with Crippen molar-refractivity contribution < 1.29 is 37.1 Å². The first kappa shape index (κ1) is 34.1. The Kier molecular flexibility index (Phi) is 13.2. The maximum Gasteiger partial charge on any atom is 0.491 e. The van der Waals surface area contributed by atoms with Crippen LogP contribution in [0.15, 0.2) is 79.0 Å². The van der Waals surface area contributed by atoms with E-state index in [9.17, 15) is 32.3 Å². The van der Waals surface area contributed by atoms with Gasteiger partial charge in [-0.1, -0.05) is 60.7 Å². The molecule has 3 rings (SSSR count). The average molecular weight is 631 g/mol. The third-order valence-electron chi connectivity index (χ3n) is 6.36. The quantitative estimate of drug-likeness (QED) is 0.121. The van der Waals surface area contributed by atoms with Gasteiger partial charge in [-0.2, -0.15) is 24.9 Å². The minimum absolute atomic E-state index is 0.124. The second kappa shape index (κ2) is 17.0. The zero-order valence-electron chi connectivity index (χ0n) is 23.9. The molecule has 234 valence electrons. The summed E-state index contributed by atoms with van der Waals surface area (Å²) in [5.74, 6) is -3.91. The zero-order valence-corrected chi connectivity index (χ0v) is 24.7. The van der Waals surface area contributed by atoms with E-state index in [1.54, 1.807) is 42.6 Å². The number of rotatable bonds is 15. The number of nitrogens with one attached hydrogen (secondary N) is 3. The number of carbonyl (C=O) groups excluding carboxylic acids is 4. The molecule has 2 aromatic carbocycles. The minimum Gasteiger partial charge on any atom is -0.386 e. The Morgan fingerprint density at radius 1 is 0.909 bits per heavy atom. The van der Waals surface area contributed by atoms with Crippen LogP contribution in [-0.2, 0) is 23.9 Å². The highest BCUT2D eigenvalue weighted by atomic mass is 32.2. The van der Waals surface area contributed by atoms with Crippen LogP contribution in [0.4, 0.5) is 19.0 Å². The van der Waals surface area contributed by atoms with Gasteiger partial charge in [0.05, 0.1) is 12.5 Å². The molecule has 0 fully saturated rings. The SMILES string of the molecule is CSCC[C@@H](NC(=O)CCCNc1ccccn1)C(=O)NC(CC(=O)OC(=O)C(F)(F)F)c1ccc(-c2ccccc2)cc1. The molecule has 0 radical (unpaired) electrons. The van der Waals surface area contributed by atoms with Gasteiger partial charge in [0.1, 0.15) is 11.9 Å². The first-order valence-corrected chi connectivity index (χ1v) is 15.2. The van der Waals surface area contributed by atoms with E-state index < -0.39 is 42.5 Å². The number of benzene rings is 2. The van der Waals surface area contributed by atoms with E-state index in [-0.39, 0.29) is 18.7 Å². The summed E-state index contributed by atoms with van der Waals surface area (Å²) in [5, 5.41) is 8.48. The van der Waals surface area contributed by atoms with Gasteiger partial charge in [0, 0.05) is 19.2 Å². The number of alkyl halides is 3. The predicted octanol–water partition coefficient (Wildman–Crippen LogP) is 5.06. The van der Waals surface area contributed by atoms with Crippen LogP contribution in [0.25, 0.3) is 11.1 Å². The molecule has 0 saturated heterocycles. The molecule has 44 heavy (non-hydrogen) atoms. The predicted molar refractivity (Wildman–Crippen MR) is 161 cm³/mol. The third-order valence-corrected chi connectivity index (χ3v) is 7.00. The summed E-state index contributed by atoms with van der Waals surface area (Å²) in [6.07, 6.45) is -1.77. The lowest BCUT2D eigenvalue weighted by Crippen LogP contribution is -2.48. The normalized spacial score (nSPS) is 12.5. The summed E-state index contributed by atoms with van der Waals surface area (Å²) >= 11 is 1.46. The van der Waals surface area contributed by atoms with Gasteiger partial charge in [-0.05, 0) is 53.7 Å². The van der Waals surface area contributed by atoms with Crippen molar-refractivity contribution in [3.05, 3.63) is 84.6 Å². The van der Waals surface area contributed by atoms with Crippen molar-refractivity contribution in [1.82, 2.24) is 15.6 Å². The van der Waals surface area contributed by atoms with Gasteiger partial charge in [0.2, 0.25) is 11.8 Å². The number of ether oxygens (including phenoxy) is 1. The number of pyridine rings is 1. The Hall–Kier alpha value is -4.39. The van der Waals surface area contributed by atoms with Crippen molar-refractivity contribution in [2.75, 3.05) is 23.9 Å². The van der Waals surface area contributed by atoms with E-state index in [1.807, 2.05) is 42.7 Å². The number of thioether (sulfide) groups is 1. The molecule has 2 amide bonds. The van der Waals surface area contributed by atoms with Gasteiger partial charge in [0.15, 0.2) is 0 Å². The van der Waals surface area contributed by atoms with E-state index in [0.29, 0.717) is 30.1 Å². The van der Waals surface area contributed by atoms with Crippen LogP contribution in [0.3, 0.4) is 0 Å². The van der Waals surface area contributed by atoms with Crippen molar-refractivity contribution in [2.24, 2.45) is 0 Å². The lowest BCUT2D eigenvalue weighted by Gasteiger charge is -2.24. The van der Waals surface area contributed by atoms with Crippen LogP contribution in [0.5, 0.6) is 0 Å². The highest BCUT2D eigenvalue weighted by molar-refractivity contribution is 7.98. The number of anilines is 1. The van der Waals surface area contributed by atoms with Crippen LogP contribution in [-0.4, -0.2) is 59.5 Å². The van der Waals surface area contributed by atoms with Gasteiger partial charge in [0.25, 0.3) is 0 Å². The Labute approximate surface area is 257 Å². The molecule has 0 aliphatic rings. The lowest BCUT2D eigenvalue weighted by molar-refractivity contribution is -0.202. The molecule has 1 unspecified atom stereocenters. The van der Waals surface area contributed by atoms with Crippen molar-refractivity contribution in [3.63, 3.8) is 0 Å². The number of amides is 2. The number of hydrogen-bond acceptors (Lipinski definition) is 8. The van der Waals surface area contributed by atoms with Gasteiger partial charge < -0.3 is 20.7 Å². The van der Waals surface area contributed by atoms with Gasteiger partial charge in [-0.15, -0.1) is 0 Å². The van der Waals surface area contributed by atoms with E-state index in [4.69, 9.17) is 0 Å². The van der Waals surface area contributed by atoms with E-state index in [0.717, 1.165) is 11.1 Å². The summed E-state index contributed by atoms with van der Waals surface area (Å²) in [4.78, 5) is 53.8. The van der Waals surface area contributed by atoms with Crippen molar-refractivity contribution >= 4 is 41.3 Å². The Morgan fingerprint density at radius 2 is 1.59 bits per heavy atom. The van der Waals surface area contributed by atoms with Crippen LogP contribution in [0, 0.1) is 0 Å². The second-order valence-electron chi connectivity index (χ2n) is 9.66. The summed E-state index contributed by atoms with van der Waals surface area (Å²) in [7, 11) is 0. The van der Waals surface area contributed by atoms with Crippen LogP contribution >= 0.6 is 11.8 Å². The number of esters is 2. The second-order valence-corrected chi connectivity index (χ2v) is 10.6. The number of halogens is 3. The number of aromatic nitrogens is 1. The standard InChI is InChI=1S/C31H33F3N4O5S/c1-44-19-16-24(37-27(39)11-7-18-36-26-10-5-6-17-35-26)29(41)38-25(20-28(40)43-30(42)31(32,33)34)23-14-12-22(13-15-23)21-8-3-2-4-9-21/h2-6,8-10,12-15,17,24-25H,7,11,16,18-20H2,1H3,(H,35,36)(H,37,39)(H,38,41)/t24-,25?/m1/s1. The van der Waals surface area contributed by atoms with Crippen LogP contribution in [0.1, 0.15) is 37.3 Å². The molecule has 3 aromatic rings. The zero-order chi connectivity index (χ0) is 32.0. The molecule has 0 bridgehead atoms. The Bertz CT molecular complexity index is 1380. The highest BCUT2D eigenvalue weighted by Crippen LogP contribution is 2.25. The smallest absolute Gasteiger partial charge is 0.386 e. The number of carbonyl (C=O) groups is 4. The molecule has 3 N–H and O–H groups in total. The first-order chi connectivity index (χ1) is 21.1. The van der Waals surface area contributed by atoms with Crippen molar-refractivity contribution in [1.29, 1.82) is 0 Å². The number of hydrogen-bond donors (Lipinski definition) is 3. The Balaban J connectivity index is 1.70. The van der Waals surface area contributed by atoms with E-state index in [1.165, 1.54) is 11.8 Å². The fourth-order valence-electron chi connectivity index (χ4n) is 4.14. The molecule has 9 nitrogen and oxygen atoms in total. The molecular weight excluding hydrogens is 597 g/mol. The fraction of sp³-hybridized carbons (Fsp3) is 0.323. The van der Waals surface area contributed by atoms with E-state index >= 15 is 0 Å². The topological polar surface area (TPSA) is 126 Å². The minimum atomic E-state index is -5.36. The molecule has 13 heteroatoms. The fourth-order valence-corrected chi connectivity index (χ4v) is 4.61. The molecule has 1 aromatic heterocycles. The monoisotopic (exact) mass is 630 g/mol. The third kappa shape index (κ3) is 11.4. The van der Waals surface area contributed by atoms with Gasteiger partial charge >= 0.3 is 18.1 Å². The van der Waals surface area contributed by atoms with Crippen molar-refractivity contribution in [2.45, 2.75) is 43.9 Å². The molecular formula is C31H33F3N4O5S. The van der Waals surface area contributed by atoms with E-state index in [2.05, 4.69) is 25.7 Å². The molecule has 0 aliphatic heterocycles. The molecule has 1 heterocycles. The molecule has 0 spiro atoms. The lowest BCUT2D eigenvalue weighted by atomic mass is 9.98.